The van der Waals surface area contributed by atoms with E-state index in [1.807, 2.05) is 37.3 Å². The summed E-state index contributed by atoms with van der Waals surface area (Å²) in [7, 11) is 0. The molecule has 3 heterocycles. The van der Waals surface area contributed by atoms with E-state index < -0.39 is 5.60 Å². The van der Waals surface area contributed by atoms with Crippen LogP contribution < -0.4 is 5.32 Å². The van der Waals surface area contributed by atoms with Crippen LogP contribution in [0.15, 0.2) is 69.5 Å². The van der Waals surface area contributed by atoms with Gasteiger partial charge in [0.2, 0.25) is 0 Å². The number of aliphatic hydroxyl groups is 1. The van der Waals surface area contributed by atoms with Crippen LogP contribution in [0.3, 0.4) is 0 Å². The zero-order chi connectivity index (χ0) is 23.0. The van der Waals surface area contributed by atoms with Crippen molar-refractivity contribution in [3.8, 4) is 0 Å². The van der Waals surface area contributed by atoms with E-state index in [4.69, 9.17) is 20.4 Å². The van der Waals surface area contributed by atoms with Crippen LogP contribution in [0.2, 0.25) is 5.02 Å². The molecule has 0 radical (unpaired) electrons. The molecule has 0 saturated carbocycles. The maximum absolute atomic E-state index is 12.6. The Morgan fingerprint density at radius 2 is 1.82 bits per heavy atom. The standard InChI is InChI=1S/C26H25ClN2O4/c1-17-2-8-22(32-17)16-29-12-10-26(31,11-13-29)19-3-9-23-18(14-19)15-24(33-23)25(30)28-21-6-4-20(27)5-7-21/h2-9,14-15,31H,10-13,16H2,1H3,(H,28,30). The molecule has 2 aromatic carbocycles. The first-order valence-electron chi connectivity index (χ1n) is 11.0. The lowest BCUT2D eigenvalue weighted by Crippen LogP contribution is -2.42. The minimum Gasteiger partial charge on any atom is -0.465 e. The van der Waals surface area contributed by atoms with Crippen molar-refractivity contribution in [2.24, 2.45) is 0 Å². The van der Waals surface area contributed by atoms with Crippen molar-refractivity contribution in [3.05, 3.63) is 88.5 Å². The number of piperidine rings is 1. The molecule has 2 N–H and O–H groups in total. The summed E-state index contributed by atoms with van der Waals surface area (Å²) < 4.78 is 11.4. The maximum Gasteiger partial charge on any atom is 0.291 e. The van der Waals surface area contributed by atoms with Crippen LogP contribution >= 0.6 is 11.6 Å². The molecular weight excluding hydrogens is 440 g/mol. The molecule has 0 atom stereocenters. The van der Waals surface area contributed by atoms with Crippen LogP contribution in [0.4, 0.5) is 5.69 Å². The Morgan fingerprint density at radius 3 is 2.52 bits per heavy atom. The van der Waals surface area contributed by atoms with Crippen LogP contribution in [0.25, 0.3) is 11.0 Å². The highest BCUT2D eigenvalue weighted by molar-refractivity contribution is 6.30. The van der Waals surface area contributed by atoms with E-state index in [2.05, 4.69) is 10.2 Å². The number of nitrogens with zero attached hydrogens (tertiary/aromatic N) is 1. The van der Waals surface area contributed by atoms with Gasteiger partial charge in [0, 0.05) is 29.2 Å². The maximum atomic E-state index is 12.6. The van der Waals surface area contributed by atoms with Crippen molar-refractivity contribution >= 4 is 34.2 Å². The summed E-state index contributed by atoms with van der Waals surface area (Å²) in [6.07, 6.45) is 1.25. The van der Waals surface area contributed by atoms with Crippen LogP contribution in [0.1, 0.15) is 40.5 Å². The van der Waals surface area contributed by atoms with Crippen molar-refractivity contribution in [1.29, 1.82) is 0 Å². The normalized spacial score (nSPS) is 16.2. The molecule has 2 aromatic heterocycles. The van der Waals surface area contributed by atoms with E-state index >= 15 is 0 Å². The predicted molar refractivity (Wildman–Crippen MR) is 127 cm³/mol. The Balaban J connectivity index is 1.28. The zero-order valence-corrected chi connectivity index (χ0v) is 19.1. The monoisotopic (exact) mass is 464 g/mol. The van der Waals surface area contributed by atoms with Crippen molar-refractivity contribution in [2.45, 2.75) is 31.9 Å². The Bertz CT molecular complexity index is 1280. The lowest BCUT2D eigenvalue weighted by molar-refractivity contribution is -0.0288. The summed E-state index contributed by atoms with van der Waals surface area (Å²) in [5.74, 6) is 1.73. The van der Waals surface area contributed by atoms with Crippen LogP contribution in [-0.2, 0) is 12.1 Å². The number of halogens is 1. The molecule has 1 aliphatic heterocycles. The van der Waals surface area contributed by atoms with E-state index in [0.717, 1.165) is 42.1 Å². The largest absolute Gasteiger partial charge is 0.465 e. The van der Waals surface area contributed by atoms with Gasteiger partial charge in [-0.3, -0.25) is 9.69 Å². The molecule has 1 aliphatic rings. The Morgan fingerprint density at radius 1 is 1.06 bits per heavy atom. The first-order valence-corrected chi connectivity index (χ1v) is 11.4. The predicted octanol–water partition coefficient (Wildman–Crippen LogP) is 5.72. The number of aryl methyl sites for hydroxylation is 1. The number of amides is 1. The van der Waals surface area contributed by atoms with Gasteiger partial charge in [0.25, 0.3) is 5.91 Å². The number of benzene rings is 2. The summed E-state index contributed by atoms with van der Waals surface area (Å²) >= 11 is 5.90. The van der Waals surface area contributed by atoms with E-state index in [1.54, 1.807) is 30.3 Å². The van der Waals surface area contributed by atoms with E-state index in [-0.39, 0.29) is 11.7 Å². The zero-order valence-electron chi connectivity index (χ0n) is 18.3. The van der Waals surface area contributed by atoms with E-state index in [0.29, 0.717) is 29.1 Å². The minimum absolute atomic E-state index is 0.215. The second kappa shape index (κ2) is 8.71. The smallest absolute Gasteiger partial charge is 0.291 e. The summed E-state index contributed by atoms with van der Waals surface area (Å²) in [5, 5.41) is 15.5. The van der Waals surface area contributed by atoms with Gasteiger partial charge in [0.1, 0.15) is 17.1 Å². The number of hydrogen-bond donors (Lipinski definition) is 2. The number of rotatable bonds is 5. The van der Waals surface area contributed by atoms with Crippen molar-refractivity contribution in [2.75, 3.05) is 18.4 Å². The Kier molecular flexibility index (Phi) is 5.74. The molecule has 170 valence electrons. The third kappa shape index (κ3) is 4.69. The fraction of sp³-hybridized carbons (Fsp3) is 0.269. The molecule has 33 heavy (non-hydrogen) atoms. The first-order chi connectivity index (χ1) is 15.9. The molecule has 1 amide bonds. The molecule has 1 saturated heterocycles. The lowest BCUT2D eigenvalue weighted by Gasteiger charge is -2.38. The number of fused-ring (bicyclic) bond motifs is 1. The number of carbonyl (C=O) groups is 1. The average molecular weight is 465 g/mol. The van der Waals surface area contributed by atoms with Crippen molar-refractivity contribution in [1.82, 2.24) is 4.90 Å². The fourth-order valence-electron chi connectivity index (χ4n) is 4.33. The quantitative estimate of drug-likeness (QED) is 0.394. The molecule has 4 aromatic rings. The molecular formula is C26H25ClN2O4. The van der Waals surface area contributed by atoms with Crippen LogP contribution in [0, 0.1) is 6.92 Å². The molecule has 0 bridgehead atoms. The van der Waals surface area contributed by atoms with E-state index in [1.165, 1.54) is 0 Å². The second-order valence-corrected chi connectivity index (χ2v) is 9.08. The second-order valence-electron chi connectivity index (χ2n) is 8.64. The molecule has 1 fully saturated rings. The minimum atomic E-state index is -0.910. The van der Waals surface area contributed by atoms with Crippen molar-refractivity contribution < 1.29 is 18.7 Å². The van der Waals surface area contributed by atoms with Crippen molar-refractivity contribution in [3.63, 3.8) is 0 Å². The van der Waals surface area contributed by atoms with Gasteiger partial charge in [0.15, 0.2) is 5.76 Å². The van der Waals surface area contributed by atoms with Gasteiger partial charge in [-0.15, -0.1) is 0 Å². The van der Waals surface area contributed by atoms with Crippen LogP contribution in [0.5, 0.6) is 0 Å². The third-order valence-corrected chi connectivity index (χ3v) is 6.49. The third-order valence-electron chi connectivity index (χ3n) is 6.24. The number of anilines is 1. The Labute approximate surface area is 196 Å². The summed E-state index contributed by atoms with van der Waals surface area (Å²) in [4.78, 5) is 14.9. The molecule has 0 aliphatic carbocycles. The molecule has 0 spiro atoms. The SMILES string of the molecule is Cc1ccc(CN2CCC(O)(c3ccc4oc(C(=O)Nc5ccc(Cl)cc5)cc4c3)CC2)o1. The number of furan rings is 2. The lowest BCUT2D eigenvalue weighted by atomic mass is 9.84. The average Bonchev–Trinajstić information content (AvgIpc) is 3.42. The highest BCUT2D eigenvalue weighted by atomic mass is 35.5. The fourth-order valence-corrected chi connectivity index (χ4v) is 4.46. The topological polar surface area (TPSA) is 78.8 Å². The van der Waals surface area contributed by atoms with Gasteiger partial charge < -0.3 is 19.3 Å². The van der Waals surface area contributed by atoms with Gasteiger partial charge in [-0.25, -0.2) is 0 Å². The number of nitrogens with one attached hydrogen (secondary N) is 1. The molecule has 6 nitrogen and oxygen atoms in total. The van der Waals surface area contributed by atoms with Gasteiger partial charge in [-0.1, -0.05) is 17.7 Å². The number of carbonyl (C=O) groups excluding carboxylic acids is 1. The van der Waals surface area contributed by atoms with E-state index in [9.17, 15) is 9.90 Å². The van der Waals surface area contributed by atoms with Gasteiger partial charge in [-0.05, 0) is 79.9 Å². The summed E-state index contributed by atoms with van der Waals surface area (Å²) in [5.41, 5.74) is 1.17. The highest BCUT2D eigenvalue weighted by Crippen LogP contribution is 2.35. The molecule has 5 rings (SSSR count). The van der Waals surface area contributed by atoms with Gasteiger partial charge in [-0.2, -0.15) is 0 Å². The van der Waals surface area contributed by atoms with Gasteiger partial charge in [0.05, 0.1) is 12.1 Å². The molecule has 0 unspecified atom stereocenters. The summed E-state index contributed by atoms with van der Waals surface area (Å²) in [6, 6.07) is 18.2. The highest BCUT2D eigenvalue weighted by Gasteiger charge is 2.34. The molecule has 7 heteroatoms. The number of likely N-dealkylation sites (tertiary alicyclic amines) is 1. The van der Waals surface area contributed by atoms with Gasteiger partial charge >= 0.3 is 0 Å². The first kappa shape index (κ1) is 21.8. The summed E-state index contributed by atoms with van der Waals surface area (Å²) in [6.45, 7) is 4.23. The Hall–Kier alpha value is -3.06. The number of hydrogen-bond acceptors (Lipinski definition) is 5. The van der Waals surface area contributed by atoms with Crippen LogP contribution in [-0.4, -0.2) is 29.0 Å².